The van der Waals surface area contributed by atoms with Crippen LogP contribution in [0.5, 0.6) is 5.75 Å². The minimum atomic E-state index is -4.40. The zero-order valence-corrected chi connectivity index (χ0v) is 17.6. The first kappa shape index (κ1) is 24.3. The lowest BCUT2D eigenvalue weighted by Crippen LogP contribution is -2.49. The molecular weight excluding hydrogens is 442 g/mol. The largest absolute Gasteiger partial charge is 0.492 e. The molecule has 0 atom stereocenters. The van der Waals surface area contributed by atoms with Gasteiger partial charge in [-0.15, -0.1) is 0 Å². The quantitative estimate of drug-likeness (QED) is 0.498. The average molecular weight is 464 g/mol. The number of nitrogens with zero attached hydrogens (tertiary/aromatic N) is 2. The molecule has 0 unspecified atom stereocenters. The molecule has 0 aliphatic carbocycles. The third kappa shape index (κ3) is 7.68. The van der Waals surface area contributed by atoms with Crippen molar-refractivity contribution >= 4 is 29.6 Å². The van der Waals surface area contributed by atoms with Crippen LogP contribution >= 0.6 is 23.7 Å². The van der Waals surface area contributed by atoms with Crippen molar-refractivity contribution in [1.29, 1.82) is 5.41 Å². The van der Waals surface area contributed by atoms with Crippen LogP contribution in [0.4, 0.5) is 13.2 Å². The number of hydrogen-bond donors (Lipinski definition) is 1. The fraction of sp³-hybridized carbons (Fsp3) is 0.350. The first-order valence-electron chi connectivity index (χ1n) is 9.16. The summed E-state index contributed by atoms with van der Waals surface area (Å²) >= 11 is 8.53. The van der Waals surface area contributed by atoms with E-state index >= 15 is 0 Å². The molecule has 2 aromatic rings. The van der Waals surface area contributed by atoms with Crippen LogP contribution in [0.25, 0.3) is 0 Å². The van der Waals surface area contributed by atoms with Gasteiger partial charge in [0.2, 0.25) is 0 Å². The van der Waals surface area contributed by atoms with Crippen LogP contribution in [-0.4, -0.2) is 55.0 Å². The number of alkyl halides is 3. The molecule has 1 saturated heterocycles. The summed E-state index contributed by atoms with van der Waals surface area (Å²) in [5.74, 6) is 0.976. The summed E-state index contributed by atoms with van der Waals surface area (Å²) in [4.78, 5) is 4.06. The summed E-state index contributed by atoms with van der Waals surface area (Å²) in [7, 11) is 0. The zero-order valence-electron chi connectivity index (χ0n) is 16.0. The fourth-order valence-corrected chi connectivity index (χ4v) is 3.03. The van der Waals surface area contributed by atoms with E-state index in [-0.39, 0.29) is 5.84 Å². The molecule has 0 radical (unpaired) electrons. The summed E-state index contributed by atoms with van der Waals surface area (Å²) in [5.41, 5.74) is -0.424. The minimum absolute atomic E-state index is 0.140. The van der Waals surface area contributed by atoms with Crippen LogP contribution in [0, 0.1) is 5.41 Å². The topological polar surface area (TPSA) is 48.8 Å². The second-order valence-electron chi connectivity index (χ2n) is 6.48. The molecule has 2 aromatic carbocycles. The Hall–Kier alpha value is -2.00. The van der Waals surface area contributed by atoms with Crippen molar-refractivity contribution in [3.05, 3.63) is 65.7 Å². The van der Waals surface area contributed by atoms with E-state index in [1.165, 1.54) is 6.07 Å². The lowest BCUT2D eigenvalue weighted by atomic mass is 10.1. The van der Waals surface area contributed by atoms with Crippen molar-refractivity contribution in [3.63, 3.8) is 0 Å². The van der Waals surface area contributed by atoms with Crippen LogP contribution in [0.2, 0.25) is 0 Å². The second-order valence-corrected chi connectivity index (χ2v) is 6.94. The van der Waals surface area contributed by atoms with Gasteiger partial charge >= 0.3 is 6.18 Å². The van der Waals surface area contributed by atoms with Crippen LogP contribution in [-0.2, 0) is 10.0 Å². The fourth-order valence-electron chi connectivity index (χ4n) is 3.03. The smallest absolute Gasteiger partial charge is 0.416 e. The Morgan fingerprint density at radius 3 is 2.20 bits per heavy atom. The third-order valence-electron chi connectivity index (χ3n) is 4.57. The maximum Gasteiger partial charge on any atom is 0.416 e. The standard InChI is InChI=1S/C20H22F3N3O.Cl2O/c21-20(22,23)17-6-4-5-16(15-17)19(24)26-11-9-25(10-12-26)13-14-27-18-7-2-1-3-8-18;1-3-2/h1-8,15,24H,9-14H2;. The maximum atomic E-state index is 12.9. The van der Waals surface area contributed by atoms with Crippen molar-refractivity contribution in [2.45, 2.75) is 6.18 Å². The number of rotatable bonds is 5. The Morgan fingerprint density at radius 2 is 1.60 bits per heavy atom. The molecule has 1 N–H and O–H groups in total. The van der Waals surface area contributed by atoms with Crippen LogP contribution < -0.4 is 4.74 Å². The highest BCUT2D eigenvalue weighted by Crippen LogP contribution is 2.29. The van der Waals surface area contributed by atoms with Gasteiger partial charge in [0.15, 0.2) is 0 Å². The summed E-state index contributed by atoms with van der Waals surface area (Å²) in [5, 5.41) is 8.26. The summed E-state index contributed by atoms with van der Waals surface area (Å²) in [6.45, 7) is 4.08. The van der Waals surface area contributed by atoms with Crippen molar-refractivity contribution in [3.8, 4) is 5.75 Å². The number of nitrogens with one attached hydrogen (secondary N) is 1. The number of ether oxygens (including phenoxy) is 1. The number of para-hydroxylation sites is 1. The van der Waals surface area contributed by atoms with Gasteiger partial charge in [-0.3, -0.25) is 10.3 Å². The van der Waals surface area contributed by atoms with Crippen molar-refractivity contribution in [1.82, 2.24) is 9.80 Å². The molecule has 10 heteroatoms. The lowest BCUT2D eigenvalue weighted by Gasteiger charge is -2.36. The second kappa shape index (κ2) is 12.0. The summed E-state index contributed by atoms with van der Waals surface area (Å²) < 4.78 is 47.5. The number of amidine groups is 1. The van der Waals surface area contributed by atoms with Gasteiger partial charge in [0, 0.05) is 38.3 Å². The molecule has 0 bridgehead atoms. The molecular formula is C20H22Cl2F3N3O2. The van der Waals surface area contributed by atoms with Gasteiger partial charge in [0.05, 0.1) is 29.3 Å². The first-order valence-corrected chi connectivity index (χ1v) is 9.77. The molecule has 0 aromatic heterocycles. The van der Waals surface area contributed by atoms with E-state index in [0.29, 0.717) is 25.3 Å². The Morgan fingerprint density at radius 1 is 0.967 bits per heavy atom. The molecule has 0 amide bonds. The number of hydrogen-bond acceptors (Lipinski definition) is 4. The monoisotopic (exact) mass is 463 g/mol. The van der Waals surface area contributed by atoms with Gasteiger partial charge in [0.1, 0.15) is 18.2 Å². The molecule has 1 aliphatic heterocycles. The molecule has 1 fully saturated rings. The molecule has 1 aliphatic rings. The Balaban J connectivity index is 0.00000101. The van der Waals surface area contributed by atoms with E-state index in [1.807, 2.05) is 35.2 Å². The first-order chi connectivity index (χ1) is 14.3. The summed E-state index contributed by atoms with van der Waals surface area (Å²) in [6.07, 6.45) is -4.40. The van der Waals surface area contributed by atoms with E-state index in [0.717, 1.165) is 37.5 Å². The van der Waals surface area contributed by atoms with E-state index in [2.05, 4.69) is 32.5 Å². The molecule has 30 heavy (non-hydrogen) atoms. The van der Waals surface area contributed by atoms with Crippen LogP contribution in [0.3, 0.4) is 0 Å². The average Bonchev–Trinajstić information content (AvgIpc) is 2.75. The SMILES string of the molecule is ClOCl.N=C(c1cccc(C(F)(F)F)c1)N1CCN(CCOc2ccccc2)CC1. The predicted octanol–water partition coefficient (Wildman–Crippen LogP) is 5.04. The van der Waals surface area contributed by atoms with Gasteiger partial charge in [0.25, 0.3) is 0 Å². The Kier molecular flexibility index (Phi) is 9.71. The highest BCUT2D eigenvalue weighted by Gasteiger charge is 2.31. The highest BCUT2D eigenvalue weighted by atomic mass is 35.6. The number of halogens is 5. The van der Waals surface area contributed by atoms with Gasteiger partial charge in [-0.1, -0.05) is 30.3 Å². The van der Waals surface area contributed by atoms with Crippen LogP contribution in [0.1, 0.15) is 11.1 Å². The minimum Gasteiger partial charge on any atom is -0.492 e. The molecule has 164 valence electrons. The number of benzene rings is 2. The normalized spacial score (nSPS) is 14.6. The highest BCUT2D eigenvalue weighted by molar-refractivity contribution is 6.24. The number of piperazine rings is 1. The van der Waals surface area contributed by atoms with E-state index in [1.54, 1.807) is 6.07 Å². The van der Waals surface area contributed by atoms with E-state index in [9.17, 15) is 13.2 Å². The molecule has 0 spiro atoms. The van der Waals surface area contributed by atoms with Gasteiger partial charge in [-0.25, -0.2) is 0 Å². The maximum absolute atomic E-state index is 12.9. The summed E-state index contributed by atoms with van der Waals surface area (Å²) in [6, 6.07) is 14.6. The Bertz CT molecular complexity index is 786. The van der Waals surface area contributed by atoms with Gasteiger partial charge in [-0.05, 0) is 24.3 Å². The van der Waals surface area contributed by atoms with Crippen molar-refractivity contribution in [2.24, 2.45) is 0 Å². The predicted molar refractivity (Wildman–Crippen MR) is 111 cm³/mol. The third-order valence-corrected chi connectivity index (χ3v) is 4.57. The van der Waals surface area contributed by atoms with E-state index < -0.39 is 11.7 Å². The molecule has 0 saturated carbocycles. The van der Waals surface area contributed by atoms with Crippen LogP contribution in [0.15, 0.2) is 54.6 Å². The van der Waals surface area contributed by atoms with Crippen molar-refractivity contribution < 1.29 is 21.7 Å². The van der Waals surface area contributed by atoms with Crippen molar-refractivity contribution in [2.75, 3.05) is 39.3 Å². The van der Waals surface area contributed by atoms with E-state index in [4.69, 9.17) is 10.1 Å². The molecule has 5 nitrogen and oxygen atoms in total. The van der Waals surface area contributed by atoms with Gasteiger partial charge in [-0.2, -0.15) is 17.0 Å². The molecule has 1 heterocycles. The Labute approximate surface area is 183 Å². The zero-order chi connectivity index (χ0) is 22.0. The molecule has 3 rings (SSSR count). The van der Waals surface area contributed by atoms with Gasteiger partial charge < -0.3 is 9.64 Å². The lowest BCUT2D eigenvalue weighted by molar-refractivity contribution is -0.137.